The van der Waals surface area contributed by atoms with Gasteiger partial charge >= 0.3 is 0 Å². The minimum atomic E-state index is 0.757. The summed E-state index contributed by atoms with van der Waals surface area (Å²) in [5.41, 5.74) is 1.31. The Balaban J connectivity index is 1.84. The van der Waals surface area contributed by atoms with Crippen molar-refractivity contribution in [3.8, 4) is 0 Å². The molecule has 0 bridgehead atoms. The van der Waals surface area contributed by atoms with Gasteiger partial charge in [0.15, 0.2) is 0 Å². The van der Waals surface area contributed by atoms with Crippen LogP contribution in [-0.2, 0) is 11.3 Å². The summed E-state index contributed by atoms with van der Waals surface area (Å²) in [6, 6.07) is 6.76. The summed E-state index contributed by atoms with van der Waals surface area (Å²) < 4.78 is 6.25. The summed E-state index contributed by atoms with van der Waals surface area (Å²) in [6.45, 7) is 2.53. The van der Waals surface area contributed by atoms with Crippen molar-refractivity contribution in [2.45, 2.75) is 48.8 Å². The van der Waals surface area contributed by atoms with Crippen molar-refractivity contribution in [2.75, 3.05) is 20.3 Å². The molecule has 0 radical (unpaired) electrons. The number of nitrogens with one attached hydrogen (secondary N) is 1. The predicted molar refractivity (Wildman–Crippen MR) is 90.5 cm³/mol. The first-order chi connectivity index (χ1) is 9.79. The van der Waals surface area contributed by atoms with Gasteiger partial charge in [-0.25, -0.2) is 0 Å². The van der Waals surface area contributed by atoms with Crippen LogP contribution in [0, 0.1) is 0 Å². The van der Waals surface area contributed by atoms with Gasteiger partial charge in [0.1, 0.15) is 0 Å². The third-order valence-corrected chi connectivity index (χ3v) is 5.75. The molecule has 0 saturated heterocycles. The van der Waals surface area contributed by atoms with Crippen LogP contribution in [0.1, 0.15) is 37.7 Å². The largest absolute Gasteiger partial charge is 0.383 e. The Bertz CT molecular complexity index is 407. The highest BCUT2D eigenvalue weighted by Crippen LogP contribution is 2.35. The third-order valence-electron chi connectivity index (χ3n) is 3.68. The van der Waals surface area contributed by atoms with Crippen LogP contribution in [0.3, 0.4) is 0 Å². The van der Waals surface area contributed by atoms with Crippen molar-refractivity contribution < 1.29 is 4.74 Å². The molecule has 1 aliphatic carbocycles. The minimum Gasteiger partial charge on any atom is -0.383 e. The zero-order valence-corrected chi connectivity index (χ0v) is 14.6. The third kappa shape index (κ3) is 5.40. The minimum absolute atomic E-state index is 0.757. The summed E-state index contributed by atoms with van der Waals surface area (Å²) in [4.78, 5) is 1.39. The van der Waals surface area contributed by atoms with E-state index in [2.05, 4.69) is 39.4 Å². The highest BCUT2D eigenvalue weighted by molar-refractivity contribution is 9.10. The van der Waals surface area contributed by atoms with Gasteiger partial charge in [0.25, 0.3) is 0 Å². The summed E-state index contributed by atoms with van der Waals surface area (Å²) in [5, 5.41) is 4.20. The number of rotatable bonds is 7. The van der Waals surface area contributed by atoms with E-state index in [4.69, 9.17) is 4.74 Å². The van der Waals surface area contributed by atoms with Crippen LogP contribution in [0.15, 0.2) is 27.6 Å². The molecule has 0 atom stereocenters. The first kappa shape index (κ1) is 16.3. The Morgan fingerprint density at radius 1 is 1.30 bits per heavy atom. The average Bonchev–Trinajstić information content (AvgIpc) is 2.46. The fourth-order valence-electron chi connectivity index (χ4n) is 2.52. The van der Waals surface area contributed by atoms with Crippen LogP contribution in [0.4, 0.5) is 0 Å². The molecule has 2 nitrogen and oxygen atoms in total. The number of halogens is 1. The molecule has 4 heteroatoms. The Kier molecular flexibility index (Phi) is 7.42. The molecular formula is C16H24BrNOS. The van der Waals surface area contributed by atoms with Gasteiger partial charge in [0, 0.05) is 34.8 Å². The first-order valence-corrected chi connectivity index (χ1v) is 9.11. The number of thioether (sulfide) groups is 1. The van der Waals surface area contributed by atoms with Crippen LogP contribution in [0.25, 0.3) is 0 Å². The Labute approximate surface area is 135 Å². The molecule has 0 aliphatic heterocycles. The van der Waals surface area contributed by atoms with Crippen molar-refractivity contribution in [3.63, 3.8) is 0 Å². The van der Waals surface area contributed by atoms with Gasteiger partial charge < -0.3 is 10.1 Å². The van der Waals surface area contributed by atoms with Gasteiger partial charge in [0.2, 0.25) is 0 Å². The van der Waals surface area contributed by atoms with E-state index in [0.29, 0.717) is 0 Å². The maximum atomic E-state index is 5.04. The second kappa shape index (κ2) is 9.08. The summed E-state index contributed by atoms with van der Waals surface area (Å²) >= 11 is 5.75. The van der Waals surface area contributed by atoms with Crippen LogP contribution < -0.4 is 5.32 Å². The van der Waals surface area contributed by atoms with E-state index in [1.807, 2.05) is 11.8 Å². The van der Waals surface area contributed by atoms with Gasteiger partial charge in [-0.15, -0.1) is 11.8 Å². The van der Waals surface area contributed by atoms with Crippen molar-refractivity contribution in [1.82, 2.24) is 5.32 Å². The maximum Gasteiger partial charge on any atom is 0.0587 e. The molecule has 0 amide bonds. The number of hydrogen-bond donors (Lipinski definition) is 1. The topological polar surface area (TPSA) is 21.3 Å². The smallest absolute Gasteiger partial charge is 0.0587 e. The van der Waals surface area contributed by atoms with E-state index < -0.39 is 0 Å². The Morgan fingerprint density at radius 3 is 2.80 bits per heavy atom. The van der Waals surface area contributed by atoms with E-state index >= 15 is 0 Å². The molecule has 0 spiro atoms. The Hall–Kier alpha value is -0.0300. The molecule has 1 N–H and O–H groups in total. The van der Waals surface area contributed by atoms with E-state index in [9.17, 15) is 0 Å². The van der Waals surface area contributed by atoms with Crippen LogP contribution in [0.2, 0.25) is 0 Å². The highest BCUT2D eigenvalue weighted by atomic mass is 79.9. The van der Waals surface area contributed by atoms with Gasteiger partial charge in [-0.05, 0) is 30.5 Å². The van der Waals surface area contributed by atoms with Gasteiger partial charge in [-0.3, -0.25) is 0 Å². The summed E-state index contributed by atoms with van der Waals surface area (Å²) in [6.07, 6.45) is 6.98. The SMILES string of the molecule is COCCNCc1ccc(SC2CCCCC2)cc1Br. The molecule has 1 aromatic carbocycles. The summed E-state index contributed by atoms with van der Waals surface area (Å²) in [5.74, 6) is 0. The molecular weight excluding hydrogens is 334 g/mol. The second-order valence-corrected chi connectivity index (χ2v) is 7.53. The average molecular weight is 358 g/mol. The standard InChI is InChI=1S/C16H24BrNOS/c1-19-10-9-18-12-13-7-8-15(11-16(13)17)20-14-5-3-2-4-6-14/h7-8,11,14,18H,2-6,9-10,12H2,1H3. The number of ether oxygens (including phenoxy) is 1. The van der Waals surface area contributed by atoms with E-state index in [-0.39, 0.29) is 0 Å². The van der Waals surface area contributed by atoms with E-state index in [1.54, 1.807) is 7.11 Å². The quantitative estimate of drug-likeness (QED) is 0.720. The van der Waals surface area contributed by atoms with Gasteiger partial charge in [-0.1, -0.05) is 41.3 Å². The van der Waals surface area contributed by atoms with Gasteiger partial charge in [0.05, 0.1) is 6.61 Å². The molecule has 2 rings (SSSR count). The first-order valence-electron chi connectivity index (χ1n) is 7.44. The lowest BCUT2D eigenvalue weighted by Gasteiger charge is -2.21. The number of methoxy groups -OCH3 is 1. The highest BCUT2D eigenvalue weighted by Gasteiger charge is 2.15. The zero-order chi connectivity index (χ0) is 14.2. The van der Waals surface area contributed by atoms with E-state index in [0.717, 1.165) is 24.9 Å². The molecule has 1 aromatic rings. The van der Waals surface area contributed by atoms with Crippen molar-refractivity contribution in [1.29, 1.82) is 0 Å². The van der Waals surface area contributed by atoms with Gasteiger partial charge in [-0.2, -0.15) is 0 Å². The predicted octanol–water partition coefficient (Wildman–Crippen LogP) is 4.61. The molecule has 0 unspecified atom stereocenters. The molecule has 0 heterocycles. The molecule has 0 aromatic heterocycles. The number of benzene rings is 1. The lowest BCUT2D eigenvalue weighted by molar-refractivity contribution is 0.199. The fourth-order valence-corrected chi connectivity index (χ4v) is 4.47. The molecule has 20 heavy (non-hydrogen) atoms. The van der Waals surface area contributed by atoms with Crippen LogP contribution >= 0.6 is 27.7 Å². The lowest BCUT2D eigenvalue weighted by Crippen LogP contribution is -2.18. The van der Waals surface area contributed by atoms with Crippen LogP contribution in [0.5, 0.6) is 0 Å². The zero-order valence-electron chi connectivity index (χ0n) is 12.2. The van der Waals surface area contributed by atoms with E-state index in [1.165, 1.54) is 47.0 Å². The fraction of sp³-hybridized carbons (Fsp3) is 0.625. The lowest BCUT2D eigenvalue weighted by atomic mass is 10.0. The van der Waals surface area contributed by atoms with Crippen molar-refractivity contribution >= 4 is 27.7 Å². The normalized spacial score (nSPS) is 16.5. The van der Waals surface area contributed by atoms with Crippen molar-refractivity contribution in [2.24, 2.45) is 0 Å². The molecule has 1 saturated carbocycles. The Morgan fingerprint density at radius 2 is 2.10 bits per heavy atom. The molecule has 1 fully saturated rings. The monoisotopic (exact) mass is 357 g/mol. The molecule has 1 aliphatic rings. The second-order valence-electron chi connectivity index (χ2n) is 5.30. The number of hydrogen-bond acceptors (Lipinski definition) is 3. The maximum absolute atomic E-state index is 5.04. The van der Waals surface area contributed by atoms with Crippen LogP contribution in [-0.4, -0.2) is 25.5 Å². The summed E-state index contributed by atoms with van der Waals surface area (Å²) in [7, 11) is 1.73. The van der Waals surface area contributed by atoms with Crippen molar-refractivity contribution in [3.05, 3.63) is 28.2 Å². The molecule has 112 valence electrons.